The Labute approximate surface area is 194 Å². The van der Waals surface area contributed by atoms with Crippen molar-refractivity contribution in [3.8, 4) is 11.5 Å². The van der Waals surface area contributed by atoms with Gasteiger partial charge in [0.25, 0.3) is 0 Å². The summed E-state index contributed by atoms with van der Waals surface area (Å²) < 4.78 is 16.5. The molecule has 2 saturated heterocycles. The summed E-state index contributed by atoms with van der Waals surface area (Å²) in [6.45, 7) is 5.81. The summed E-state index contributed by atoms with van der Waals surface area (Å²) in [5, 5.41) is 9.07. The van der Waals surface area contributed by atoms with Crippen molar-refractivity contribution in [1.82, 2.24) is 10.3 Å². The molecule has 3 heterocycles. The molecule has 2 aromatic rings. The van der Waals surface area contributed by atoms with Gasteiger partial charge >= 0.3 is 6.03 Å². The van der Waals surface area contributed by atoms with Crippen molar-refractivity contribution in [2.45, 2.75) is 19.4 Å². The number of fused-ring (bicyclic) bond motifs is 1. The maximum absolute atomic E-state index is 12.6. The van der Waals surface area contributed by atoms with Crippen LogP contribution in [0.15, 0.2) is 41.5 Å². The van der Waals surface area contributed by atoms with Gasteiger partial charge in [0.05, 0.1) is 44.6 Å². The largest absolute Gasteiger partial charge is 0.493 e. The van der Waals surface area contributed by atoms with Crippen molar-refractivity contribution >= 4 is 17.4 Å². The van der Waals surface area contributed by atoms with Gasteiger partial charge in [-0.2, -0.15) is 5.10 Å². The number of hydrogen-bond donors (Lipinski definition) is 1. The molecular weight excluding hydrogens is 420 g/mol. The van der Waals surface area contributed by atoms with Gasteiger partial charge in [0.2, 0.25) is 0 Å². The lowest BCUT2D eigenvalue weighted by atomic mass is 9.78. The van der Waals surface area contributed by atoms with Gasteiger partial charge in [-0.1, -0.05) is 12.1 Å². The molecule has 3 aliphatic heterocycles. The number of urea groups is 1. The second kappa shape index (κ2) is 8.26. The van der Waals surface area contributed by atoms with E-state index >= 15 is 0 Å². The third-order valence-corrected chi connectivity index (χ3v) is 6.80. The van der Waals surface area contributed by atoms with E-state index in [-0.39, 0.29) is 12.1 Å². The molecule has 3 aliphatic rings. The lowest BCUT2D eigenvalue weighted by molar-refractivity contribution is -0.127. The van der Waals surface area contributed by atoms with Gasteiger partial charge < -0.3 is 24.4 Å². The van der Waals surface area contributed by atoms with Gasteiger partial charge in [-0.25, -0.2) is 9.80 Å². The van der Waals surface area contributed by atoms with E-state index in [0.29, 0.717) is 23.3 Å². The van der Waals surface area contributed by atoms with E-state index in [0.717, 1.165) is 48.7 Å². The minimum absolute atomic E-state index is 0.124. The molecule has 0 bridgehead atoms. The van der Waals surface area contributed by atoms with E-state index in [1.54, 1.807) is 21.3 Å². The summed E-state index contributed by atoms with van der Waals surface area (Å²) in [6.07, 6.45) is 0.645. The van der Waals surface area contributed by atoms with Crippen LogP contribution < -0.4 is 19.7 Å². The lowest BCUT2D eigenvalue weighted by Gasteiger charge is -2.56. The SMILES string of the molecule is CNC(=O)N1N=C(c2ccc(N3CC4(COC4)C3)cc2)c2cc(OC)c(OC)cc2C[C@@H]1C. The Morgan fingerprint density at radius 2 is 1.79 bits per heavy atom. The first kappa shape index (κ1) is 21.6. The van der Waals surface area contributed by atoms with Crippen LogP contribution in [0.5, 0.6) is 11.5 Å². The van der Waals surface area contributed by atoms with Gasteiger partial charge in [0.15, 0.2) is 11.5 Å². The minimum Gasteiger partial charge on any atom is -0.493 e. The van der Waals surface area contributed by atoms with E-state index < -0.39 is 0 Å². The van der Waals surface area contributed by atoms with Crippen molar-refractivity contribution in [3.05, 3.63) is 53.1 Å². The maximum atomic E-state index is 12.6. The zero-order valence-corrected chi connectivity index (χ0v) is 19.6. The highest BCUT2D eigenvalue weighted by Gasteiger charge is 2.49. The molecule has 0 saturated carbocycles. The lowest BCUT2D eigenvalue weighted by Crippen LogP contribution is -2.66. The number of rotatable bonds is 4. The van der Waals surface area contributed by atoms with Crippen LogP contribution in [0, 0.1) is 5.41 Å². The minimum atomic E-state index is -0.239. The molecule has 8 heteroatoms. The predicted octanol–water partition coefficient (Wildman–Crippen LogP) is 2.88. The standard InChI is InChI=1S/C25H30N4O4/c1-16-9-18-10-21(31-3)22(32-4)11-20(18)23(27-29(16)24(30)26-2)17-5-7-19(8-6-17)28-12-25(13-28)14-33-15-25/h5-8,10-11,16H,9,12-15H2,1-4H3,(H,26,30)/t16-/m0/s1. The van der Waals surface area contributed by atoms with Crippen molar-refractivity contribution in [3.63, 3.8) is 0 Å². The molecule has 0 aliphatic carbocycles. The number of benzene rings is 2. The van der Waals surface area contributed by atoms with Crippen LogP contribution in [0.25, 0.3) is 0 Å². The topological polar surface area (TPSA) is 75.6 Å². The molecule has 33 heavy (non-hydrogen) atoms. The first-order chi connectivity index (χ1) is 16.0. The van der Waals surface area contributed by atoms with E-state index in [2.05, 4.69) is 34.5 Å². The normalized spacial score (nSPS) is 20.7. The summed E-state index contributed by atoms with van der Waals surface area (Å²) in [7, 11) is 4.87. The first-order valence-electron chi connectivity index (χ1n) is 11.2. The number of carbonyl (C=O) groups excluding carboxylic acids is 1. The zero-order chi connectivity index (χ0) is 23.2. The second-order valence-electron chi connectivity index (χ2n) is 9.16. The van der Waals surface area contributed by atoms with Crippen molar-refractivity contribution in [1.29, 1.82) is 0 Å². The van der Waals surface area contributed by atoms with Crippen LogP contribution in [0.1, 0.15) is 23.6 Å². The molecule has 2 aromatic carbocycles. The van der Waals surface area contributed by atoms with Gasteiger partial charge in [0.1, 0.15) is 0 Å². The first-order valence-corrected chi connectivity index (χ1v) is 11.2. The Bertz CT molecular complexity index is 1090. The fourth-order valence-corrected chi connectivity index (χ4v) is 4.90. The Morgan fingerprint density at radius 3 is 2.36 bits per heavy atom. The predicted molar refractivity (Wildman–Crippen MR) is 127 cm³/mol. The highest BCUT2D eigenvalue weighted by atomic mass is 16.5. The number of carbonyl (C=O) groups is 1. The van der Waals surface area contributed by atoms with Crippen LogP contribution >= 0.6 is 0 Å². The number of anilines is 1. The quantitative estimate of drug-likeness (QED) is 0.775. The second-order valence-corrected chi connectivity index (χ2v) is 9.16. The van der Waals surface area contributed by atoms with Crippen LogP contribution in [0.4, 0.5) is 10.5 Å². The van der Waals surface area contributed by atoms with Crippen LogP contribution in [-0.2, 0) is 11.2 Å². The molecule has 1 atom stereocenters. The van der Waals surface area contributed by atoms with Gasteiger partial charge in [-0.05, 0) is 43.2 Å². The van der Waals surface area contributed by atoms with Crippen LogP contribution in [0.3, 0.4) is 0 Å². The van der Waals surface area contributed by atoms with E-state index in [4.69, 9.17) is 19.3 Å². The fourth-order valence-electron chi connectivity index (χ4n) is 4.90. The highest BCUT2D eigenvalue weighted by Crippen LogP contribution is 2.40. The Balaban J connectivity index is 1.53. The smallest absolute Gasteiger partial charge is 0.337 e. The number of ether oxygens (including phenoxy) is 3. The number of hydrazone groups is 1. The van der Waals surface area contributed by atoms with Gasteiger partial charge in [-0.3, -0.25) is 0 Å². The van der Waals surface area contributed by atoms with Gasteiger partial charge in [0, 0.05) is 37.0 Å². The molecule has 2 amide bonds. The average Bonchev–Trinajstić information content (AvgIpc) is 2.91. The third-order valence-electron chi connectivity index (χ3n) is 6.80. The fraction of sp³-hybridized carbons (Fsp3) is 0.440. The molecular formula is C25H30N4O4. The Kier molecular flexibility index (Phi) is 5.40. The summed E-state index contributed by atoms with van der Waals surface area (Å²) in [5.41, 5.74) is 5.23. The monoisotopic (exact) mass is 450 g/mol. The van der Waals surface area contributed by atoms with Crippen molar-refractivity contribution < 1.29 is 19.0 Å². The number of nitrogens with one attached hydrogen (secondary N) is 1. The molecule has 0 aromatic heterocycles. The third kappa shape index (κ3) is 3.68. The Morgan fingerprint density at radius 1 is 1.12 bits per heavy atom. The molecule has 0 unspecified atom stereocenters. The molecule has 8 nitrogen and oxygen atoms in total. The number of hydrogen-bond acceptors (Lipinski definition) is 6. The number of nitrogens with zero attached hydrogens (tertiary/aromatic N) is 3. The summed E-state index contributed by atoms with van der Waals surface area (Å²) >= 11 is 0. The summed E-state index contributed by atoms with van der Waals surface area (Å²) in [5.74, 6) is 1.30. The maximum Gasteiger partial charge on any atom is 0.337 e. The molecule has 174 valence electrons. The van der Waals surface area contributed by atoms with Crippen LogP contribution in [0.2, 0.25) is 0 Å². The van der Waals surface area contributed by atoms with Gasteiger partial charge in [-0.15, -0.1) is 0 Å². The molecule has 1 spiro atoms. The number of methoxy groups -OCH3 is 2. The Hall–Kier alpha value is -3.26. The molecule has 5 rings (SSSR count). The number of amides is 2. The molecule has 1 N–H and O–H groups in total. The van der Waals surface area contributed by atoms with Crippen molar-refractivity contribution in [2.75, 3.05) is 52.5 Å². The zero-order valence-electron chi connectivity index (χ0n) is 19.6. The van der Waals surface area contributed by atoms with E-state index in [1.165, 1.54) is 10.7 Å². The highest BCUT2D eigenvalue weighted by molar-refractivity contribution is 6.14. The van der Waals surface area contributed by atoms with Crippen LogP contribution in [-0.4, -0.2) is 70.4 Å². The molecule has 2 fully saturated rings. The van der Waals surface area contributed by atoms with Crippen molar-refractivity contribution in [2.24, 2.45) is 10.5 Å². The van der Waals surface area contributed by atoms with E-state index in [9.17, 15) is 4.79 Å². The summed E-state index contributed by atoms with van der Waals surface area (Å²) in [4.78, 5) is 15.0. The summed E-state index contributed by atoms with van der Waals surface area (Å²) in [6, 6.07) is 12.0. The van der Waals surface area contributed by atoms with E-state index in [1.807, 2.05) is 19.1 Å². The molecule has 0 radical (unpaired) electrons. The average molecular weight is 451 g/mol.